The summed E-state index contributed by atoms with van der Waals surface area (Å²) in [5, 5.41) is 16.3. The van der Waals surface area contributed by atoms with Gasteiger partial charge < -0.3 is 20.5 Å². The van der Waals surface area contributed by atoms with Gasteiger partial charge in [0.05, 0.1) is 6.61 Å². The van der Waals surface area contributed by atoms with Gasteiger partial charge in [-0.3, -0.25) is 4.99 Å². The molecule has 1 saturated carbocycles. The van der Waals surface area contributed by atoms with Crippen LogP contribution in [0, 0.1) is 5.41 Å². The van der Waals surface area contributed by atoms with E-state index in [2.05, 4.69) is 29.7 Å². The molecule has 0 spiro atoms. The van der Waals surface area contributed by atoms with Crippen LogP contribution >= 0.6 is 0 Å². The number of aliphatic hydroxyl groups is 1. The molecule has 5 nitrogen and oxygen atoms in total. The highest BCUT2D eigenvalue weighted by Crippen LogP contribution is 2.39. The Balaban J connectivity index is 1.66. The number of ether oxygens (including phenoxy) is 1. The van der Waals surface area contributed by atoms with Crippen LogP contribution in [0.3, 0.4) is 0 Å². The van der Waals surface area contributed by atoms with Crippen molar-refractivity contribution in [2.75, 3.05) is 32.8 Å². The fourth-order valence-corrected chi connectivity index (χ4v) is 3.91. The van der Waals surface area contributed by atoms with Gasteiger partial charge in [-0.25, -0.2) is 0 Å². The van der Waals surface area contributed by atoms with E-state index in [0.29, 0.717) is 6.61 Å². The molecule has 0 heterocycles. The normalized spacial score (nSPS) is 16.7. The lowest BCUT2D eigenvalue weighted by Gasteiger charge is -2.35. The second-order valence-electron chi connectivity index (χ2n) is 7.90. The van der Waals surface area contributed by atoms with Gasteiger partial charge in [0, 0.05) is 32.8 Å². The molecule has 0 unspecified atom stereocenters. The van der Waals surface area contributed by atoms with E-state index in [1.807, 2.05) is 18.2 Å². The quantitative estimate of drug-likeness (QED) is 0.288. The number of unbranched alkanes of at least 4 members (excludes halogenated alkanes) is 1. The van der Waals surface area contributed by atoms with Crippen molar-refractivity contribution in [2.45, 2.75) is 64.9 Å². The van der Waals surface area contributed by atoms with Gasteiger partial charge >= 0.3 is 0 Å². The molecule has 5 heteroatoms. The van der Waals surface area contributed by atoms with Gasteiger partial charge in [0.25, 0.3) is 0 Å². The smallest absolute Gasteiger partial charge is 0.191 e. The van der Waals surface area contributed by atoms with Crippen molar-refractivity contribution in [1.82, 2.24) is 10.6 Å². The molecule has 0 aromatic heterocycles. The zero-order valence-corrected chi connectivity index (χ0v) is 17.6. The maximum absolute atomic E-state index is 9.48. The third-order valence-corrected chi connectivity index (χ3v) is 5.59. The molecule has 3 N–H and O–H groups in total. The molecule has 0 aliphatic heterocycles. The van der Waals surface area contributed by atoms with E-state index in [0.717, 1.165) is 51.5 Å². The highest BCUT2D eigenvalue weighted by molar-refractivity contribution is 5.79. The van der Waals surface area contributed by atoms with Gasteiger partial charge in [-0.2, -0.15) is 0 Å². The number of aliphatic imine (C=N–C) groups is 1. The third-order valence-electron chi connectivity index (χ3n) is 5.59. The van der Waals surface area contributed by atoms with Crippen molar-refractivity contribution in [1.29, 1.82) is 0 Å². The lowest BCUT2D eigenvalue weighted by molar-refractivity contribution is 0.117. The predicted molar refractivity (Wildman–Crippen MR) is 117 cm³/mol. The first-order valence-electron chi connectivity index (χ1n) is 11.0. The first-order chi connectivity index (χ1) is 13.8. The molecule has 1 aromatic carbocycles. The molecular weight excluding hydrogens is 350 g/mol. The summed E-state index contributed by atoms with van der Waals surface area (Å²) in [7, 11) is 0. The second-order valence-corrected chi connectivity index (χ2v) is 7.90. The molecule has 158 valence electrons. The van der Waals surface area contributed by atoms with Crippen LogP contribution in [-0.2, 0) is 11.3 Å². The minimum absolute atomic E-state index is 0.195. The van der Waals surface area contributed by atoms with Gasteiger partial charge in [-0.1, -0.05) is 49.6 Å². The van der Waals surface area contributed by atoms with Crippen molar-refractivity contribution in [3.8, 4) is 0 Å². The van der Waals surface area contributed by atoms with Crippen LogP contribution < -0.4 is 10.6 Å². The minimum Gasteiger partial charge on any atom is -0.396 e. The Morgan fingerprint density at radius 1 is 1.11 bits per heavy atom. The van der Waals surface area contributed by atoms with Gasteiger partial charge in [0.2, 0.25) is 0 Å². The van der Waals surface area contributed by atoms with E-state index in [1.54, 1.807) is 0 Å². The van der Waals surface area contributed by atoms with Crippen molar-refractivity contribution >= 4 is 5.96 Å². The van der Waals surface area contributed by atoms with Crippen LogP contribution in [0.1, 0.15) is 63.9 Å². The van der Waals surface area contributed by atoms with Crippen LogP contribution in [0.2, 0.25) is 0 Å². The van der Waals surface area contributed by atoms with Crippen LogP contribution in [0.15, 0.2) is 35.3 Å². The molecule has 0 amide bonds. The summed E-state index contributed by atoms with van der Waals surface area (Å²) in [6.45, 7) is 6.39. The Hall–Kier alpha value is -1.59. The number of rotatable bonds is 12. The predicted octanol–water partition coefficient (Wildman–Crippen LogP) is 3.87. The number of guanidine groups is 1. The average molecular weight is 390 g/mol. The highest BCUT2D eigenvalue weighted by Gasteiger charge is 2.31. The van der Waals surface area contributed by atoms with E-state index in [1.165, 1.54) is 37.7 Å². The molecule has 0 radical (unpaired) electrons. The van der Waals surface area contributed by atoms with E-state index in [9.17, 15) is 5.11 Å². The Morgan fingerprint density at radius 2 is 1.89 bits per heavy atom. The summed E-state index contributed by atoms with van der Waals surface area (Å²) in [5.74, 6) is 0.899. The fraction of sp³-hybridized carbons (Fsp3) is 0.696. The zero-order valence-electron chi connectivity index (χ0n) is 17.6. The molecule has 1 aliphatic rings. The molecule has 1 aliphatic carbocycles. The Morgan fingerprint density at radius 3 is 2.61 bits per heavy atom. The molecule has 1 aromatic rings. The van der Waals surface area contributed by atoms with E-state index >= 15 is 0 Å². The van der Waals surface area contributed by atoms with Crippen LogP contribution in [0.25, 0.3) is 0 Å². The molecule has 0 atom stereocenters. The lowest BCUT2D eigenvalue weighted by atomic mass is 9.72. The Kier molecular flexibility index (Phi) is 11.0. The van der Waals surface area contributed by atoms with Crippen molar-refractivity contribution in [3.63, 3.8) is 0 Å². The van der Waals surface area contributed by atoms with Crippen LogP contribution in [-0.4, -0.2) is 43.9 Å². The molecular formula is C23H39N3O2. The van der Waals surface area contributed by atoms with Crippen molar-refractivity contribution in [3.05, 3.63) is 35.9 Å². The summed E-state index contributed by atoms with van der Waals surface area (Å²) in [4.78, 5) is 4.85. The monoisotopic (exact) mass is 389 g/mol. The summed E-state index contributed by atoms with van der Waals surface area (Å²) in [6.07, 6.45) is 9.19. The number of hydrogen-bond donors (Lipinski definition) is 3. The minimum atomic E-state index is 0.195. The zero-order chi connectivity index (χ0) is 19.9. The number of nitrogens with one attached hydrogen (secondary N) is 2. The van der Waals surface area contributed by atoms with Crippen molar-refractivity contribution < 1.29 is 9.84 Å². The van der Waals surface area contributed by atoms with E-state index in [-0.39, 0.29) is 12.0 Å². The van der Waals surface area contributed by atoms with E-state index in [4.69, 9.17) is 9.73 Å². The topological polar surface area (TPSA) is 65.9 Å². The fourth-order valence-electron chi connectivity index (χ4n) is 3.91. The number of aliphatic hydroxyl groups excluding tert-OH is 1. The van der Waals surface area contributed by atoms with Crippen LogP contribution in [0.5, 0.6) is 0 Å². The van der Waals surface area contributed by atoms with Gasteiger partial charge in [0.1, 0.15) is 0 Å². The first kappa shape index (κ1) is 22.7. The molecule has 1 fully saturated rings. The summed E-state index contributed by atoms with van der Waals surface area (Å²) < 4.78 is 5.74. The number of hydrogen-bond acceptors (Lipinski definition) is 3. The summed E-state index contributed by atoms with van der Waals surface area (Å²) in [6, 6.07) is 10.3. The standard InChI is InChI=1S/C23H39N3O2/c1-2-24-22(26-20-23(15-17-27)13-7-4-8-14-23)25-16-9-10-18-28-19-21-11-5-3-6-12-21/h3,5-6,11-12,27H,2,4,7-10,13-20H2,1H3,(H2,24,25,26). The summed E-state index contributed by atoms with van der Waals surface area (Å²) >= 11 is 0. The Bertz CT molecular complexity index is 537. The van der Waals surface area contributed by atoms with Crippen molar-refractivity contribution in [2.24, 2.45) is 10.4 Å². The SMILES string of the molecule is CCNC(=NCC1(CCO)CCCCC1)NCCCCOCc1ccccc1. The molecule has 0 bridgehead atoms. The lowest BCUT2D eigenvalue weighted by Crippen LogP contribution is -2.39. The number of nitrogens with zero attached hydrogens (tertiary/aromatic N) is 1. The maximum atomic E-state index is 9.48. The third kappa shape index (κ3) is 8.61. The average Bonchev–Trinajstić information content (AvgIpc) is 2.73. The van der Waals surface area contributed by atoms with E-state index < -0.39 is 0 Å². The van der Waals surface area contributed by atoms with Gasteiger partial charge in [-0.05, 0) is 50.0 Å². The first-order valence-corrected chi connectivity index (χ1v) is 11.0. The molecule has 2 rings (SSSR count). The Labute approximate surface area is 171 Å². The highest BCUT2D eigenvalue weighted by atomic mass is 16.5. The van der Waals surface area contributed by atoms with Gasteiger partial charge in [0.15, 0.2) is 5.96 Å². The maximum Gasteiger partial charge on any atom is 0.191 e. The summed E-state index contributed by atoms with van der Waals surface area (Å²) in [5.41, 5.74) is 1.42. The molecule has 28 heavy (non-hydrogen) atoms. The second kappa shape index (κ2) is 13.6. The number of benzene rings is 1. The largest absolute Gasteiger partial charge is 0.396 e. The molecule has 0 saturated heterocycles. The van der Waals surface area contributed by atoms with Crippen LogP contribution in [0.4, 0.5) is 0 Å². The van der Waals surface area contributed by atoms with Gasteiger partial charge in [-0.15, -0.1) is 0 Å².